The van der Waals surface area contributed by atoms with Gasteiger partial charge >= 0.3 is 0 Å². The number of ether oxygens (including phenoxy) is 2. The zero-order valence-electron chi connectivity index (χ0n) is 16.0. The third-order valence-electron chi connectivity index (χ3n) is 4.83. The van der Waals surface area contributed by atoms with Gasteiger partial charge in [0.05, 0.1) is 30.8 Å². The molecule has 0 unspecified atom stereocenters. The average molecular weight is 368 g/mol. The third kappa shape index (κ3) is 3.98. The molecule has 0 spiro atoms. The summed E-state index contributed by atoms with van der Waals surface area (Å²) >= 11 is 0. The first kappa shape index (κ1) is 19.0. The predicted octanol–water partition coefficient (Wildman–Crippen LogP) is 2.83. The second-order valence-corrected chi connectivity index (χ2v) is 6.52. The van der Waals surface area contributed by atoms with E-state index in [1.807, 2.05) is 31.2 Å². The first-order valence-corrected chi connectivity index (χ1v) is 9.42. The number of fused-ring (bicyclic) bond motifs is 1. The van der Waals surface area contributed by atoms with Crippen molar-refractivity contribution >= 4 is 11.9 Å². The Balaban J connectivity index is 1.90. The summed E-state index contributed by atoms with van der Waals surface area (Å²) < 4.78 is 11.4. The highest BCUT2D eigenvalue weighted by molar-refractivity contribution is 6.14. The van der Waals surface area contributed by atoms with E-state index < -0.39 is 0 Å². The van der Waals surface area contributed by atoms with Crippen LogP contribution in [-0.4, -0.2) is 30.6 Å². The Kier molecular flexibility index (Phi) is 5.81. The van der Waals surface area contributed by atoms with Crippen LogP contribution < -0.4 is 14.4 Å². The molecule has 2 N–H and O–H groups in total. The molecule has 0 aromatic heterocycles. The molecule has 5 heteroatoms. The van der Waals surface area contributed by atoms with E-state index >= 15 is 0 Å². The normalized spacial score (nSPS) is 14.5. The molecule has 0 aliphatic carbocycles. The topological polar surface area (TPSA) is 60.2 Å². The maximum Gasteiger partial charge on any atom is 0.231 e. The highest BCUT2D eigenvalue weighted by Gasteiger charge is 2.32. The number of phenolic OH excluding ortho intramolecular Hbond substituents is 1. The molecule has 3 rings (SSSR count). The first-order valence-electron chi connectivity index (χ1n) is 9.42. The summed E-state index contributed by atoms with van der Waals surface area (Å²) in [4.78, 5) is 14.1. The summed E-state index contributed by atoms with van der Waals surface area (Å²) in [5, 5.41) is 10.3. The number of hydrogen-bond acceptors (Lipinski definition) is 4. The molecule has 2 aromatic rings. The van der Waals surface area contributed by atoms with Gasteiger partial charge in [0.15, 0.2) is 11.5 Å². The Bertz CT molecular complexity index is 851. The number of rotatable bonds is 7. The molecule has 0 amide bonds. The van der Waals surface area contributed by atoms with E-state index in [9.17, 15) is 9.90 Å². The fraction of sp³-hybridized carbons (Fsp3) is 0.318. The Morgan fingerprint density at radius 1 is 1.07 bits per heavy atom. The Labute approximate surface area is 159 Å². The van der Waals surface area contributed by atoms with Gasteiger partial charge in [-0.1, -0.05) is 12.1 Å². The number of Topliss-reactive ketones (excluding diaryl/α,β-unsaturated/α-hetero) is 1. The van der Waals surface area contributed by atoms with E-state index in [1.165, 1.54) is 4.90 Å². The minimum Gasteiger partial charge on any atom is -0.507 e. The van der Waals surface area contributed by atoms with Crippen molar-refractivity contribution in [1.82, 2.24) is 0 Å². The minimum absolute atomic E-state index is 0.158. The Morgan fingerprint density at radius 3 is 2.41 bits per heavy atom. The second-order valence-electron chi connectivity index (χ2n) is 6.52. The fourth-order valence-corrected chi connectivity index (χ4v) is 3.20. The molecule has 0 saturated heterocycles. The van der Waals surface area contributed by atoms with Crippen LogP contribution in [0.3, 0.4) is 0 Å². The van der Waals surface area contributed by atoms with Crippen LogP contribution in [-0.2, 0) is 6.54 Å². The number of carbonyl (C=O) groups is 1. The summed E-state index contributed by atoms with van der Waals surface area (Å²) in [7, 11) is 0. The fourth-order valence-electron chi connectivity index (χ4n) is 3.20. The summed E-state index contributed by atoms with van der Waals surface area (Å²) in [6, 6.07) is 10.7. The minimum atomic E-state index is -0.158. The van der Waals surface area contributed by atoms with E-state index in [2.05, 4.69) is 13.8 Å². The number of ketones is 1. The van der Waals surface area contributed by atoms with Crippen molar-refractivity contribution in [2.75, 3.05) is 19.7 Å². The molecule has 0 bridgehead atoms. The number of allylic oxidation sites excluding steroid dienone is 1. The number of phenols is 1. The van der Waals surface area contributed by atoms with E-state index in [1.54, 1.807) is 18.2 Å². The van der Waals surface area contributed by atoms with Crippen LogP contribution in [0, 0.1) is 0 Å². The van der Waals surface area contributed by atoms with E-state index in [-0.39, 0.29) is 17.3 Å². The van der Waals surface area contributed by atoms with Crippen molar-refractivity contribution in [2.45, 2.75) is 27.3 Å². The summed E-state index contributed by atoms with van der Waals surface area (Å²) in [5.74, 6) is 1.56. The standard InChI is InChI=1S/C22H25NO4/c1-4-23(5-2)14-18-19(24)12-11-17-21(25)20(27-22(17)18)13-15-7-9-16(10-8-15)26-6-3/h7-13,24H,4-6,14H2,1-3H3/p+1. The maximum absolute atomic E-state index is 12.8. The maximum atomic E-state index is 12.8. The zero-order chi connectivity index (χ0) is 19.4. The molecular weight excluding hydrogens is 342 g/mol. The molecule has 5 nitrogen and oxygen atoms in total. The van der Waals surface area contributed by atoms with Gasteiger partial charge in [-0.2, -0.15) is 0 Å². The van der Waals surface area contributed by atoms with Crippen molar-refractivity contribution in [2.24, 2.45) is 0 Å². The SMILES string of the molecule is CCOc1ccc(C=C2Oc3c(ccc(O)c3C[NH+](CC)CC)C2=O)cc1. The van der Waals surface area contributed by atoms with Crippen LogP contribution in [0.1, 0.15) is 42.3 Å². The van der Waals surface area contributed by atoms with Crippen LogP contribution in [0.2, 0.25) is 0 Å². The highest BCUT2D eigenvalue weighted by Crippen LogP contribution is 2.39. The summed E-state index contributed by atoms with van der Waals surface area (Å²) in [6.07, 6.45) is 1.73. The monoisotopic (exact) mass is 368 g/mol. The molecule has 1 heterocycles. The highest BCUT2D eigenvalue weighted by atomic mass is 16.5. The number of aromatic hydroxyl groups is 1. The van der Waals surface area contributed by atoms with Gasteiger partial charge in [-0.05, 0) is 56.7 Å². The lowest BCUT2D eigenvalue weighted by atomic mass is 10.0. The lowest BCUT2D eigenvalue weighted by Gasteiger charge is -2.17. The molecule has 0 atom stereocenters. The zero-order valence-corrected chi connectivity index (χ0v) is 16.0. The number of nitrogens with one attached hydrogen (secondary N) is 1. The molecule has 1 aliphatic heterocycles. The quantitative estimate of drug-likeness (QED) is 0.738. The lowest BCUT2D eigenvalue weighted by Crippen LogP contribution is -3.10. The van der Waals surface area contributed by atoms with Crippen molar-refractivity contribution in [3.8, 4) is 17.2 Å². The molecule has 27 heavy (non-hydrogen) atoms. The largest absolute Gasteiger partial charge is 0.507 e. The van der Waals surface area contributed by atoms with Crippen molar-refractivity contribution in [1.29, 1.82) is 0 Å². The van der Waals surface area contributed by atoms with Crippen LogP contribution in [0.4, 0.5) is 0 Å². The number of hydrogen-bond donors (Lipinski definition) is 2. The van der Waals surface area contributed by atoms with Crippen LogP contribution in [0.25, 0.3) is 6.08 Å². The summed E-state index contributed by atoms with van der Waals surface area (Å²) in [6.45, 7) is 9.23. The third-order valence-corrected chi connectivity index (χ3v) is 4.83. The lowest BCUT2D eigenvalue weighted by molar-refractivity contribution is -0.910. The molecule has 0 fully saturated rings. The number of carbonyl (C=O) groups excluding carboxylic acids is 1. The van der Waals surface area contributed by atoms with Gasteiger partial charge in [0.2, 0.25) is 5.78 Å². The molecule has 1 aliphatic rings. The van der Waals surface area contributed by atoms with E-state index in [0.717, 1.165) is 24.4 Å². The predicted molar refractivity (Wildman–Crippen MR) is 104 cm³/mol. The van der Waals surface area contributed by atoms with Gasteiger partial charge < -0.3 is 19.5 Å². The number of benzene rings is 2. The second kappa shape index (κ2) is 8.27. The summed E-state index contributed by atoms with van der Waals surface area (Å²) in [5.41, 5.74) is 2.05. The van der Waals surface area contributed by atoms with Gasteiger partial charge in [0.1, 0.15) is 18.0 Å². The smallest absolute Gasteiger partial charge is 0.231 e. The molecule has 142 valence electrons. The van der Waals surface area contributed by atoms with E-state index in [0.29, 0.717) is 30.0 Å². The van der Waals surface area contributed by atoms with Crippen molar-refractivity contribution in [3.63, 3.8) is 0 Å². The van der Waals surface area contributed by atoms with Gasteiger partial charge in [-0.25, -0.2) is 0 Å². The molecule has 2 aromatic carbocycles. The Morgan fingerprint density at radius 2 is 1.78 bits per heavy atom. The first-order chi connectivity index (χ1) is 13.1. The van der Waals surface area contributed by atoms with E-state index in [4.69, 9.17) is 9.47 Å². The van der Waals surface area contributed by atoms with Gasteiger partial charge in [0.25, 0.3) is 0 Å². The molecule has 0 radical (unpaired) electrons. The Hall–Kier alpha value is -2.79. The van der Waals surface area contributed by atoms with Gasteiger partial charge in [0, 0.05) is 0 Å². The van der Waals surface area contributed by atoms with Crippen molar-refractivity contribution < 1.29 is 24.3 Å². The van der Waals surface area contributed by atoms with Crippen LogP contribution >= 0.6 is 0 Å². The average Bonchev–Trinajstić information content (AvgIpc) is 2.99. The molecular formula is C22H26NO4+. The van der Waals surface area contributed by atoms with Gasteiger partial charge in [-0.3, -0.25) is 4.79 Å². The van der Waals surface area contributed by atoms with Crippen LogP contribution in [0.15, 0.2) is 42.2 Å². The van der Waals surface area contributed by atoms with Crippen LogP contribution in [0.5, 0.6) is 17.2 Å². The van der Waals surface area contributed by atoms with Crippen molar-refractivity contribution in [3.05, 3.63) is 58.8 Å². The van der Waals surface area contributed by atoms with Gasteiger partial charge in [-0.15, -0.1) is 0 Å². The number of quaternary nitrogens is 1. The molecule has 0 saturated carbocycles.